The number of aliphatic hydroxyl groups is 5. The first-order valence-electron chi connectivity index (χ1n) is 37.2. The number of hydrogen-bond donors (Lipinski definition) is 6. The van der Waals surface area contributed by atoms with Crippen molar-refractivity contribution < 1.29 is 39.8 Å². The Labute approximate surface area is 510 Å². The maximum absolute atomic E-state index is 13.2. The van der Waals surface area contributed by atoms with E-state index < -0.39 is 49.5 Å². The summed E-state index contributed by atoms with van der Waals surface area (Å²) < 4.78 is 11.4. The Bertz CT molecular complexity index is 1260. The van der Waals surface area contributed by atoms with Gasteiger partial charge < -0.3 is 40.3 Å². The topological polar surface area (TPSA) is 149 Å². The number of ether oxygens (including phenoxy) is 2. The summed E-state index contributed by atoms with van der Waals surface area (Å²) in [4.78, 5) is 13.2. The molecule has 7 atom stereocenters. The lowest BCUT2D eigenvalue weighted by atomic mass is 9.99. The molecule has 1 amide bonds. The molecule has 1 saturated heterocycles. The van der Waals surface area contributed by atoms with E-state index >= 15 is 0 Å². The molecule has 0 saturated carbocycles. The van der Waals surface area contributed by atoms with Crippen molar-refractivity contribution in [3.05, 3.63) is 0 Å². The fourth-order valence-electron chi connectivity index (χ4n) is 12.6. The first-order chi connectivity index (χ1) is 40.3. The highest BCUT2D eigenvalue weighted by molar-refractivity contribution is 5.76. The molecule has 0 aromatic heterocycles. The van der Waals surface area contributed by atoms with E-state index in [1.807, 2.05) is 0 Å². The monoisotopic (exact) mass is 1160 g/mol. The van der Waals surface area contributed by atoms with Gasteiger partial charge in [-0.1, -0.05) is 386 Å². The summed E-state index contributed by atoms with van der Waals surface area (Å²) in [6.45, 7) is 3.91. The highest BCUT2D eigenvalue weighted by Crippen LogP contribution is 2.24. The van der Waals surface area contributed by atoms with E-state index in [1.165, 1.54) is 340 Å². The molecule has 6 N–H and O–H groups in total. The molecule has 1 aliphatic rings. The van der Waals surface area contributed by atoms with Crippen LogP contribution in [-0.2, 0) is 14.3 Å². The number of unbranched alkanes of at least 4 members (excludes halogenated alkanes) is 57. The molecule has 490 valence electrons. The quantitative estimate of drug-likeness (QED) is 0.0330. The van der Waals surface area contributed by atoms with Crippen molar-refractivity contribution in [1.29, 1.82) is 0 Å². The van der Waals surface area contributed by atoms with Gasteiger partial charge in [0.05, 0.1) is 25.4 Å². The second kappa shape index (κ2) is 63.2. The van der Waals surface area contributed by atoms with Gasteiger partial charge in [0.1, 0.15) is 24.4 Å². The number of aliphatic hydroxyl groups excluding tert-OH is 5. The van der Waals surface area contributed by atoms with Crippen LogP contribution in [0.5, 0.6) is 0 Å². The Morgan fingerprint density at radius 1 is 0.366 bits per heavy atom. The van der Waals surface area contributed by atoms with Crippen molar-refractivity contribution in [2.75, 3.05) is 13.2 Å². The van der Waals surface area contributed by atoms with Crippen LogP contribution in [0.2, 0.25) is 0 Å². The smallest absolute Gasteiger partial charge is 0.220 e. The normalized spacial score (nSPS) is 18.2. The molecule has 9 nitrogen and oxygen atoms in total. The van der Waals surface area contributed by atoms with Gasteiger partial charge in [-0.15, -0.1) is 0 Å². The van der Waals surface area contributed by atoms with Gasteiger partial charge in [-0.2, -0.15) is 0 Å². The predicted molar refractivity (Wildman–Crippen MR) is 351 cm³/mol. The van der Waals surface area contributed by atoms with Crippen LogP contribution in [0.4, 0.5) is 0 Å². The van der Waals surface area contributed by atoms with Crippen LogP contribution in [-0.4, -0.2) is 87.5 Å². The number of amides is 1. The summed E-state index contributed by atoms with van der Waals surface area (Å²) in [6.07, 6.45) is 73.5. The molecule has 0 bridgehead atoms. The number of carbonyl (C=O) groups excluding carboxylic acids is 1. The molecule has 0 radical (unpaired) electrons. The summed E-state index contributed by atoms with van der Waals surface area (Å²) in [6, 6.07) is -0.715. The summed E-state index contributed by atoms with van der Waals surface area (Å²) in [7, 11) is 0. The number of hydrogen-bond acceptors (Lipinski definition) is 8. The van der Waals surface area contributed by atoms with Gasteiger partial charge in [0.2, 0.25) is 5.91 Å². The summed E-state index contributed by atoms with van der Waals surface area (Å²) in [5, 5.41) is 54.9. The number of rotatable bonds is 67. The molecule has 0 aromatic carbocycles. The SMILES string of the molecule is CCCCCCCCCCCCCCCCCCCCCCCCCCCCCCCCCCCCCCCCCC(=O)NC(COC1OC(CO)C(O)C(O)C1O)C(O)CCCCCCCCCCCCCCCCCCCCCC. The predicted octanol–water partition coefficient (Wildman–Crippen LogP) is 20.5. The Morgan fingerprint density at radius 3 is 0.866 bits per heavy atom. The maximum atomic E-state index is 13.2. The van der Waals surface area contributed by atoms with Gasteiger partial charge in [-0.05, 0) is 12.8 Å². The van der Waals surface area contributed by atoms with Gasteiger partial charge in [0.15, 0.2) is 6.29 Å². The average molecular weight is 1160 g/mol. The van der Waals surface area contributed by atoms with Gasteiger partial charge in [0, 0.05) is 6.42 Å². The van der Waals surface area contributed by atoms with Crippen molar-refractivity contribution in [2.45, 2.75) is 448 Å². The largest absolute Gasteiger partial charge is 0.394 e. The van der Waals surface area contributed by atoms with Crippen LogP contribution in [0.1, 0.15) is 406 Å². The fourth-order valence-corrected chi connectivity index (χ4v) is 12.6. The van der Waals surface area contributed by atoms with E-state index in [2.05, 4.69) is 19.2 Å². The Balaban J connectivity index is 2.01. The van der Waals surface area contributed by atoms with E-state index in [-0.39, 0.29) is 12.5 Å². The highest BCUT2D eigenvalue weighted by Gasteiger charge is 2.44. The molecule has 0 aliphatic carbocycles. The molecule has 1 aliphatic heterocycles. The molecular formula is C73H145NO8. The zero-order valence-electron chi connectivity index (χ0n) is 55.0. The molecule has 9 heteroatoms. The van der Waals surface area contributed by atoms with E-state index in [1.54, 1.807) is 0 Å². The van der Waals surface area contributed by atoms with Crippen LogP contribution in [0.25, 0.3) is 0 Å². The molecule has 0 aromatic rings. The molecule has 1 fully saturated rings. The molecule has 0 spiro atoms. The minimum Gasteiger partial charge on any atom is -0.394 e. The second-order valence-corrected chi connectivity index (χ2v) is 26.5. The molecule has 82 heavy (non-hydrogen) atoms. The standard InChI is InChI=1S/C73H145NO8/c1-3-5-7-9-11-13-15-17-19-21-23-25-26-27-28-29-30-31-32-33-34-35-36-37-38-39-40-41-42-43-45-47-49-51-53-55-57-59-61-63-69(77)74-66(65-81-73-72(80)71(79)70(78)68(64-75)82-73)67(76)62-60-58-56-54-52-50-48-46-44-24-22-20-18-16-14-12-10-8-6-4-2/h66-68,70-73,75-76,78-80H,3-65H2,1-2H3,(H,74,77). The van der Waals surface area contributed by atoms with Crippen molar-refractivity contribution >= 4 is 5.91 Å². The van der Waals surface area contributed by atoms with Crippen molar-refractivity contribution in [3.8, 4) is 0 Å². The lowest BCUT2D eigenvalue weighted by Gasteiger charge is -2.40. The van der Waals surface area contributed by atoms with Gasteiger partial charge >= 0.3 is 0 Å². The van der Waals surface area contributed by atoms with Crippen LogP contribution in [0.3, 0.4) is 0 Å². The first kappa shape index (κ1) is 79.2. The van der Waals surface area contributed by atoms with Gasteiger partial charge in [0.25, 0.3) is 0 Å². The van der Waals surface area contributed by atoms with Gasteiger partial charge in [-0.25, -0.2) is 0 Å². The molecule has 1 rings (SSSR count). The Hall–Kier alpha value is -0.810. The summed E-state index contributed by atoms with van der Waals surface area (Å²) in [5.74, 6) is -0.133. The van der Waals surface area contributed by atoms with Gasteiger partial charge in [-0.3, -0.25) is 4.79 Å². The van der Waals surface area contributed by atoms with Crippen LogP contribution >= 0.6 is 0 Å². The molecular weight excluding hydrogens is 1020 g/mol. The van der Waals surface area contributed by atoms with E-state index in [0.29, 0.717) is 12.8 Å². The number of nitrogens with one attached hydrogen (secondary N) is 1. The Kier molecular flexibility index (Phi) is 61.1. The van der Waals surface area contributed by atoms with Crippen molar-refractivity contribution in [1.82, 2.24) is 5.32 Å². The lowest BCUT2D eigenvalue weighted by molar-refractivity contribution is -0.302. The summed E-state index contributed by atoms with van der Waals surface area (Å²) >= 11 is 0. The van der Waals surface area contributed by atoms with Crippen LogP contribution < -0.4 is 5.32 Å². The average Bonchev–Trinajstić information content (AvgIpc) is 3.52. The number of carbonyl (C=O) groups is 1. The van der Waals surface area contributed by atoms with Crippen molar-refractivity contribution in [3.63, 3.8) is 0 Å². The van der Waals surface area contributed by atoms with Crippen molar-refractivity contribution in [2.24, 2.45) is 0 Å². The third kappa shape index (κ3) is 51.3. The third-order valence-corrected chi connectivity index (χ3v) is 18.5. The third-order valence-electron chi connectivity index (χ3n) is 18.5. The first-order valence-corrected chi connectivity index (χ1v) is 37.2. The van der Waals surface area contributed by atoms with Crippen LogP contribution in [0.15, 0.2) is 0 Å². The fraction of sp³-hybridized carbons (Fsp3) is 0.986. The zero-order valence-corrected chi connectivity index (χ0v) is 55.0. The van der Waals surface area contributed by atoms with E-state index in [4.69, 9.17) is 9.47 Å². The van der Waals surface area contributed by atoms with E-state index in [9.17, 15) is 30.3 Å². The summed E-state index contributed by atoms with van der Waals surface area (Å²) in [5.41, 5.74) is 0. The molecule has 7 unspecified atom stereocenters. The van der Waals surface area contributed by atoms with Crippen LogP contribution in [0, 0.1) is 0 Å². The minimum atomic E-state index is -1.55. The highest BCUT2D eigenvalue weighted by atomic mass is 16.7. The Morgan fingerprint density at radius 2 is 0.610 bits per heavy atom. The zero-order chi connectivity index (χ0) is 59.3. The minimum absolute atomic E-state index is 0.130. The van der Waals surface area contributed by atoms with E-state index in [0.717, 1.165) is 38.5 Å². The maximum Gasteiger partial charge on any atom is 0.220 e. The lowest BCUT2D eigenvalue weighted by Crippen LogP contribution is -2.60. The second-order valence-electron chi connectivity index (χ2n) is 26.5. The molecule has 1 heterocycles.